The SMILES string of the molecule is CCCNC(CCC(F)(F)F)Cc1ccncc1. The Morgan fingerprint density at radius 3 is 2.50 bits per heavy atom. The molecule has 18 heavy (non-hydrogen) atoms. The first-order chi connectivity index (χ1) is 8.51. The van der Waals surface area contributed by atoms with E-state index in [0.717, 1.165) is 18.5 Å². The maximum atomic E-state index is 12.2. The lowest BCUT2D eigenvalue weighted by Crippen LogP contribution is -2.33. The van der Waals surface area contributed by atoms with Crippen LogP contribution < -0.4 is 5.32 Å². The maximum absolute atomic E-state index is 12.2. The summed E-state index contributed by atoms with van der Waals surface area (Å²) in [5.74, 6) is 0. The monoisotopic (exact) mass is 260 g/mol. The molecule has 1 N–H and O–H groups in total. The Labute approximate surface area is 106 Å². The lowest BCUT2D eigenvalue weighted by atomic mass is 10.0. The first-order valence-corrected chi connectivity index (χ1v) is 6.20. The first kappa shape index (κ1) is 15.0. The molecular formula is C13H19F3N2. The van der Waals surface area contributed by atoms with Gasteiger partial charge in [-0.15, -0.1) is 0 Å². The van der Waals surface area contributed by atoms with Gasteiger partial charge in [-0.1, -0.05) is 6.92 Å². The van der Waals surface area contributed by atoms with Crippen LogP contribution in [0.15, 0.2) is 24.5 Å². The number of aromatic nitrogens is 1. The molecule has 0 aromatic carbocycles. The van der Waals surface area contributed by atoms with E-state index in [4.69, 9.17) is 0 Å². The zero-order chi connectivity index (χ0) is 13.4. The molecule has 5 heteroatoms. The molecule has 2 nitrogen and oxygen atoms in total. The van der Waals surface area contributed by atoms with E-state index in [2.05, 4.69) is 10.3 Å². The van der Waals surface area contributed by atoms with Crippen molar-refractivity contribution in [2.75, 3.05) is 6.54 Å². The smallest absolute Gasteiger partial charge is 0.314 e. The minimum Gasteiger partial charge on any atom is -0.314 e. The molecule has 0 bridgehead atoms. The van der Waals surface area contributed by atoms with E-state index in [0.29, 0.717) is 6.42 Å². The fourth-order valence-electron chi connectivity index (χ4n) is 1.77. The van der Waals surface area contributed by atoms with Gasteiger partial charge in [0.1, 0.15) is 0 Å². The molecule has 102 valence electrons. The van der Waals surface area contributed by atoms with Gasteiger partial charge < -0.3 is 5.32 Å². The Bertz CT molecular complexity index is 325. The van der Waals surface area contributed by atoms with Crippen LogP contribution in [0.1, 0.15) is 31.7 Å². The van der Waals surface area contributed by atoms with Crippen molar-refractivity contribution in [3.8, 4) is 0 Å². The molecule has 0 saturated carbocycles. The maximum Gasteiger partial charge on any atom is 0.389 e. The number of nitrogens with zero attached hydrogens (tertiary/aromatic N) is 1. The summed E-state index contributed by atoms with van der Waals surface area (Å²) in [4.78, 5) is 3.90. The van der Waals surface area contributed by atoms with Gasteiger partial charge in [0.25, 0.3) is 0 Å². The van der Waals surface area contributed by atoms with Crippen molar-refractivity contribution in [2.24, 2.45) is 0 Å². The second-order valence-electron chi connectivity index (χ2n) is 4.36. The number of nitrogens with one attached hydrogen (secondary N) is 1. The van der Waals surface area contributed by atoms with Crippen LogP contribution >= 0.6 is 0 Å². The van der Waals surface area contributed by atoms with Gasteiger partial charge >= 0.3 is 6.18 Å². The summed E-state index contributed by atoms with van der Waals surface area (Å²) >= 11 is 0. The van der Waals surface area contributed by atoms with Crippen LogP contribution in [0.4, 0.5) is 13.2 Å². The summed E-state index contributed by atoms with van der Waals surface area (Å²) in [6.07, 6.45) is 0.152. The molecule has 0 aliphatic heterocycles. The average Bonchev–Trinajstić information content (AvgIpc) is 2.33. The minimum atomic E-state index is -4.08. The number of hydrogen-bond acceptors (Lipinski definition) is 2. The van der Waals surface area contributed by atoms with Crippen LogP contribution in [-0.2, 0) is 6.42 Å². The van der Waals surface area contributed by atoms with Gasteiger partial charge in [0.05, 0.1) is 0 Å². The average molecular weight is 260 g/mol. The Morgan fingerprint density at radius 2 is 1.94 bits per heavy atom. The number of pyridine rings is 1. The van der Waals surface area contributed by atoms with E-state index >= 15 is 0 Å². The molecule has 1 aromatic rings. The fourth-order valence-corrected chi connectivity index (χ4v) is 1.77. The lowest BCUT2D eigenvalue weighted by molar-refractivity contribution is -0.136. The van der Waals surface area contributed by atoms with Gasteiger partial charge in [0.2, 0.25) is 0 Å². The first-order valence-electron chi connectivity index (χ1n) is 6.20. The summed E-state index contributed by atoms with van der Waals surface area (Å²) < 4.78 is 36.7. The standard InChI is InChI=1S/C13H19F3N2/c1-2-7-18-12(3-6-13(14,15)16)10-11-4-8-17-9-5-11/h4-5,8-9,12,18H,2-3,6-7,10H2,1H3. The minimum absolute atomic E-state index is 0.117. The number of halogens is 3. The van der Waals surface area contributed by atoms with Crippen LogP contribution in [0.3, 0.4) is 0 Å². The molecule has 0 saturated heterocycles. The quantitative estimate of drug-likeness (QED) is 0.813. The molecule has 1 atom stereocenters. The Kier molecular flexibility index (Phi) is 6.12. The Hall–Kier alpha value is -1.10. The third-order valence-electron chi connectivity index (χ3n) is 2.69. The van der Waals surface area contributed by atoms with E-state index in [1.54, 1.807) is 12.4 Å². The zero-order valence-corrected chi connectivity index (χ0v) is 10.5. The summed E-state index contributed by atoms with van der Waals surface area (Å²) in [5, 5.41) is 3.17. The van der Waals surface area contributed by atoms with Crippen molar-refractivity contribution in [3.63, 3.8) is 0 Å². The van der Waals surface area contributed by atoms with Gasteiger partial charge in [-0.3, -0.25) is 4.98 Å². The molecule has 0 aliphatic carbocycles. The number of rotatable bonds is 7. The van der Waals surface area contributed by atoms with Crippen molar-refractivity contribution in [2.45, 2.75) is 44.8 Å². The highest BCUT2D eigenvalue weighted by atomic mass is 19.4. The van der Waals surface area contributed by atoms with Gasteiger partial charge in [-0.25, -0.2) is 0 Å². The van der Waals surface area contributed by atoms with Crippen molar-refractivity contribution in [1.82, 2.24) is 10.3 Å². The van der Waals surface area contributed by atoms with Crippen molar-refractivity contribution < 1.29 is 13.2 Å². The van der Waals surface area contributed by atoms with Crippen LogP contribution in [0, 0.1) is 0 Å². The third kappa shape index (κ3) is 6.59. The van der Waals surface area contributed by atoms with Gasteiger partial charge in [0, 0.05) is 24.9 Å². The van der Waals surface area contributed by atoms with E-state index in [9.17, 15) is 13.2 Å². The molecule has 1 unspecified atom stereocenters. The molecular weight excluding hydrogens is 241 g/mol. The number of hydrogen-bond donors (Lipinski definition) is 1. The van der Waals surface area contributed by atoms with E-state index < -0.39 is 12.6 Å². The van der Waals surface area contributed by atoms with Crippen molar-refractivity contribution in [3.05, 3.63) is 30.1 Å². The predicted octanol–water partition coefficient (Wildman–Crippen LogP) is 3.33. The van der Waals surface area contributed by atoms with Gasteiger partial charge in [-0.2, -0.15) is 13.2 Å². The fraction of sp³-hybridized carbons (Fsp3) is 0.615. The van der Waals surface area contributed by atoms with Crippen LogP contribution in [0.2, 0.25) is 0 Å². The predicted molar refractivity (Wildman–Crippen MR) is 65.3 cm³/mol. The molecule has 0 aliphatic rings. The van der Waals surface area contributed by atoms with Crippen LogP contribution in [-0.4, -0.2) is 23.7 Å². The lowest BCUT2D eigenvalue weighted by Gasteiger charge is -2.19. The Balaban J connectivity index is 2.50. The molecule has 1 heterocycles. The van der Waals surface area contributed by atoms with Gasteiger partial charge in [0.15, 0.2) is 0 Å². The molecule has 0 fully saturated rings. The normalized spacial score (nSPS) is 13.6. The highest BCUT2D eigenvalue weighted by Gasteiger charge is 2.28. The van der Waals surface area contributed by atoms with Crippen molar-refractivity contribution in [1.29, 1.82) is 0 Å². The molecule has 1 aromatic heterocycles. The highest BCUT2D eigenvalue weighted by molar-refractivity contribution is 5.11. The van der Waals surface area contributed by atoms with E-state index in [1.807, 2.05) is 19.1 Å². The van der Waals surface area contributed by atoms with E-state index in [1.165, 1.54) is 0 Å². The van der Waals surface area contributed by atoms with Gasteiger partial charge in [-0.05, 0) is 43.5 Å². The van der Waals surface area contributed by atoms with Crippen LogP contribution in [0.25, 0.3) is 0 Å². The zero-order valence-electron chi connectivity index (χ0n) is 10.5. The summed E-state index contributed by atoms with van der Waals surface area (Å²) in [6.45, 7) is 2.74. The second kappa shape index (κ2) is 7.36. The molecule has 0 amide bonds. The third-order valence-corrected chi connectivity index (χ3v) is 2.69. The Morgan fingerprint density at radius 1 is 1.28 bits per heavy atom. The summed E-state index contributed by atoms with van der Waals surface area (Å²) in [5.41, 5.74) is 1.01. The van der Waals surface area contributed by atoms with Crippen LogP contribution in [0.5, 0.6) is 0 Å². The van der Waals surface area contributed by atoms with Crippen molar-refractivity contribution >= 4 is 0 Å². The molecule has 0 radical (unpaired) electrons. The second-order valence-corrected chi connectivity index (χ2v) is 4.36. The van der Waals surface area contributed by atoms with E-state index in [-0.39, 0.29) is 12.5 Å². The largest absolute Gasteiger partial charge is 0.389 e. The molecule has 1 rings (SSSR count). The summed E-state index contributed by atoms with van der Waals surface area (Å²) in [7, 11) is 0. The highest BCUT2D eigenvalue weighted by Crippen LogP contribution is 2.23. The topological polar surface area (TPSA) is 24.9 Å². The summed E-state index contributed by atoms with van der Waals surface area (Å²) in [6, 6.07) is 3.55. The number of alkyl halides is 3. The molecule has 0 spiro atoms.